The van der Waals surface area contributed by atoms with E-state index >= 15 is 0 Å². The topological polar surface area (TPSA) is 75.7 Å². The van der Waals surface area contributed by atoms with Crippen LogP contribution in [-0.2, 0) is 14.8 Å². The smallest absolute Gasteiger partial charge is 0.247 e. The van der Waals surface area contributed by atoms with Gasteiger partial charge in [-0.25, -0.2) is 8.42 Å². The van der Waals surface area contributed by atoms with Crippen molar-refractivity contribution in [3.05, 3.63) is 23.2 Å². The first-order valence-corrected chi connectivity index (χ1v) is 7.87. The Bertz CT molecular complexity index is 618. The molecule has 8 heteroatoms. The molecule has 20 heavy (non-hydrogen) atoms. The summed E-state index contributed by atoms with van der Waals surface area (Å²) in [6.07, 6.45) is 0.570. The molecule has 0 spiro atoms. The molecule has 1 aromatic rings. The SMILES string of the molecule is COc1cc(Cl)ccc1S(=O)(=O)N1CCCNC(=O)C1. The number of hydrogen-bond acceptors (Lipinski definition) is 4. The maximum atomic E-state index is 12.6. The summed E-state index contributed by atoms with van der Waals surface area (Å²) in [6, 6.07) is 4.31. The van der Waals surface area contributed by atoms with E-state index in [0.29, 0.717) is 18.0 Å². The molecule has 1 aliphatic heterocycles. The second-order valence-corrected chi connectivity index (χ2v) is 6.68. The number of halogens is 1. The summed E-state index contributed by atoms with van der Waals surface area (Å²) < 4.78 is 31.4. The molecule has 6 nitrogen and oxygen atoms in total. The minimum absolute atomic E-state index is 0.0131. The highest BCUT2D eigenvalue weighted by Crippen LogP contribution is 2.29. The van der Waals surface area contributed by atoms with Crippen molar-refractivity contribution < 1.29 is 17.9 Å². The summed E-state index contributed by atoms with van der Waals surface area (Å²) in [7, 11) is -2.41. The Balaban J connectivity index is 2.41. The summed E-state index contributed by atoms with van der Waals surface area (Å²) in [5.74, 6) is -0.138. The minimum Gasteiger partial charge on any atom is -0.495 e. The van der Waals surface area contributed by atoms with Crippen molar-refractivity contribution in [2.75, 3.05) is 26.7 Å². The molecule has 0 unspecified atom stereocenters. The Morgan fingerprint density at radius 2 is 2.15 bits per heavy atom. The van der Waals surface area contributed by atoms with E-state index in [9.17, 15) is 13.2 Å². The van der Waals surface area contributed by atoms with E-state index in [4.69, 9.17) is 16.3 Å². The van der Waals surface area contributed by atoms with Crippen LogP contribution in [0.4, 0.5) is 0 Å². The number of carbonyl (C=O) groups excluding carboxylic acids is 1. The van der Waals surface area contributed by atoms with Crippen molar-refractivity contribution in [2.45, 2.75) is 11.3 Å². The number of methoxy groups -OCH3 is 1. The van der Waals surface area contributed by atoms with Crippen LogP contribution in [0.1, 0.15) is 6.42 Å². The lowest BCUT2D eigenvalue weighted by atomic mass is 10.3. The molecular formula is C12H15ClN2O4S. The lowest BCUT2D eigenvalue weighted by molar-refractivity contribution is -0.120. The van der Waals surface area contributed by atoms with Gasteiger partial charge in [-0.3, -0.25) is 4.79 Å². The van der Waals surface area contributed by atoms with Crippen LogP contribution in [0.5, 0.6) is 5.75 Å². The molecule has 0 bridgehead atoms. The fourth-order valence-corrected chi connectivity index (χ4v) is 3.71. The second kappa shape index (κ2) is 5.99. The van der Waals surface area contributed by atoms with Gasteiger partial charge in [-0.1, -0.05) is 11.6 Å². The van der Waals surface area contributed by atoms with Crippen LogP contribution in [0.3, 0.4) is 0 Å². The lowest BCUT2D eigenvalue weighted by Crippen LogP contribution is -2.37. The minimum atomic E-state index is -3.79. The molecule has 1 aromatic carbocycles. The maximum absolute atomic E-state index is 12.6. The largest absolute Gasteiger partial charge is 0.495 e. The number of rotatable bonds is 3. The number of ether oxygens (including phenoxy) is 1. The van der Waals surface area contributed by atoms with Crippen LogP contribution in [0.2, 0.25) is 5.02 Å². The number of benzene rings is 1. The third kappa shape index (κ3) is 3.05. The number of hydrogen-bond donors (Lipinski definition) is 1. The molecule has 1 fully saturated rings. The van der Waals surface area contributed by atoms with Gasteiger partial charge < -0.3 is 10.1 Å². The number of nitrogens with zero attached hydrogens (tertiary/aromatic N) is 1. The molecular weight excluding hydrogens is 304 g/mol. The molecule has 1 aliphatic rings. The summed E-state index contributed by atoms with van der Waals surface area (Å²) in [6.45, 7) is 0.573. The van der Waals surface area contributed by atoms with Gasteiger partial charge in [-0.2, -0.15) is 4.31 Å². The average molecular weight is 319 g/mol. The monoisotopic (exact) mass is 318 g/mol. The van der Waals surface area contributed by atoms with E-state index in [1.165, 1.54) is 25.3 Å². The molecule has 1 saturated heterocycles. The zero-order valence-corrected chi connectivity index (χ0v) is 12.5. The van der Waals surface area contributed by atoms with E-state index in [0.717, 1.165) is 4.31 Å². The third-order valence-corrected chi connectivity index (χ3v) is 5.09. The Morgan fingerprint density at radius 1 is 1.40 bits per heavy atom. The molecule has 0 atom stereocenters. The van der Waals surface area contributed by atoms with E-state index in [2.05, 4.69) is 5.32 Å². The summed E-state index contributed by atoms with van der Waals surface area (Å²) in [4.78, 5) is 11.5. The highest BCUT2D eigenvalue weighted by Gasteiger charge is 2.30. The Labute approximate surface area is 122 Å². The van der Waals surface area contributed by atoms with Crippen molar-refractivity contribution in [1.29, 1.82) is 0 Å². The first kappa shape index (κ1) is 15.1. The molecule has 110 valence electrons. The van der Waals surface area contributed by atoms with Crippen LogP contribution in [0.25, 0.3) is 0 Å². The first-order chi connectivity index (χ1) is 9.45. The number of amides is 1. The van der Waals surface area contributed by atoms with Crippen molar-refractivity contribution in [1.82, 2.24) is 9.62 Å². The van der Waals surface area contributed by atoms with Crippen LogP contribution in [-0.4, -0.2) is 45.4 Å². The van der Waals surface area contributed by atoms with E-state index in [-0.39, 0.29) is 29.6 Å². The Morgan fingerprint density at radius 3 is 2.85 bits per heavy atom. The number of nitrogens with one attached hydrogen (secondary N) is 1. The molecule has 0 saturated carbocycles. The predicted molar refractivity (Wildman–Crippen MR) is 74.4 cm³/mol. The summed E-state index contributed by atoms with van der Waals surface area (Å²) in [5, 5.41) is 3.02. The van der Waals surface area contributed by atoms with Gasteiger partial charge in [0.1, 0.15) is 10.6 Å². The van der Waals surface area contributed by atoms with Gasteiger partial charge >= 0.3 is 0 Å². The lowest BCUT2D eigenvalue weighted by Gasteiger charge is -2.20. The summed E-state index contributed by atoms with van der Waals surface area (Å²) in [5.41, 5.74) is 0. The van der Waals surface area contributed by atoms with Gasteiger partial charge in [0.05, 0.1) is 13.7 Å². The third-order valence-electron chi connectivity index (χ3n) is 2.97. The molecule has 0 radical (unpaired) electrons. The fourth-order valence-electron chi connectivity index (χ4n) is 1.98. The van der Waals surface area contributed by atoms with Gasteiger partial charge in [0.2, 0.25) is 15.9 Å². The zero-order chi connectivity index (χ0) is 14.8. The molecule has 1 amide bonds. The van der Waals surface area contributed by atoms with Gasteiger partial charge in [0.15, 0.2) is 0 Å². The average Bonchev–Trinajstić information content (AvgIpc) is 2.63. The van der Waals surface area contributed by atoms with E-state index in [1.807, 2.05) is 0 Å². The van der Waals surface area contributed by atoms with Crippen LogP contribution in [0, 0.1) is 0 Å². The normalized spacial score (nSPS) is 17.4. The maximum Gasteiger partial charge on any atom is 0.247 e. The zero-order valence-electron chi connectivity index (χ0n) is 10.9. The molecule has 2 rings (SSSR count). The highest BCUT2D eigenvalue weighted by molar-refractivity contribution is 7.89. The van der Waals surface area contributed by atoms with Crippen molar-refractivity contribution in [3.63, 3.8) is 0 Å². The van der Waals surface area contributed by atoms with Crippen LogP contribution < -0.4 is 10.1 Å². The van der Waals surface area contributed by atoms with Crippen LogP contribution in [0.15, 0.2) is 23.1 Å². The molecule has 1 heterocycles. The van der Waals surface area contributed by atoms with Crippen molar-refractivity contribution in [3.8, 4) is 5.75 Å². The predicted octanol–water partition coefficient (Wildman–Crippen LogP) is 0.859. The van der Waals surface area contributed by atoms with Gasteiger partial charge in [0, 0.05) is 24.2 Å². The second-order valence-electron chi connectivity index (χ2n) is 4.34. The van der Waals surface area contributed by atoms with E-state index in [1.54, 1.807) is 0 Å². The number of carbonyl (C=O) groups is 1. The van der Waals surface area contributed by atoms with Crippen molar-refractivity contribution in [2.24, 2.45) is 0 Å². The Kier molecular flexibility index (Phi) is 4.52. The molecule has 0 aromatic heterocycles. The highest BCUT2D eigenvalue weighted by atomic mass is 35.5. The van der Waals surface area contributed by atoms with Gasteiger partial charge in [0.25, 0.3) is 0 Å². The van der Waals surface area contributed by atoms with Gasteiger partial charge in [-0.15, -0.1) is 0 Å². The van der Waals surface area contributed by atoms with Crippen molar-refractivity contribution >= 4 is 27.5 Å². The number of sulfonamides is 1. The Hall–Kier alpha value is -1.31. The summed E-state index contributed by atoms with van der Waals surface area (Å²) >= 11 is 5.83. The standard InChI is InChI=1S/C12H15ClN2O4S/c1-19-10-7-9(13)3-4-11(10)20(17,18)15-6-2-5-14-12(16)8-15/h3-4,7H,2,5-6,8H2,1H3,(H,14,16). The fraction of sp³-hybridized carbons (Fsp3) is 0.417. The van der Waals surface area contributed by atoms with Gasteiger partial charge in [-0.05, 0) is 18.6 Å². The quantitative estimate of drug-likeness (QED) is 0.897. The van der Waals surface area contributed by atoms with E-state index < -0.39 is 10.0 Å². The van der Waals surface area contributed by atoms with Crippen LogP contribution >= 0.6 is 11.6 Å². The molecule has 0 aliphatic carbocycles. The molecule has 1 N–H and O–H groups in total. The first-order valence-electron chi connectivity index (χ1n) is 6.05.